The predicted octanol–water partition coefficient (Wildman–Crippen LogP) is 1.95. The Morgan fingerprint density at radius 2 is 2.05 bits per heavy atom. The molecule has 1 atom stereocenters. The van der Waals surface area contributed by atoms with Crippen LogP contribution in [-0.4, -0.2) is 44.3 Å². The summed E-state index contributed by atoms with van der Waals surface area (Å²) in [7, 11) is 0. The molecule has 0 bridgehead atoms. The van der Waals surface area contributed by atoms with Crippen molar-refractivity contribution < 1.29 is 13.5 Å². The molecule has 1 heterocycles. The van der Waals surface area contributed by atoms with E-state index in [0.29, 0.717) is 31.9 Å². The van der Waals surface area contributed by atoms with Crippen LogP contribution in [0.5, 0.6) is 0 Å². The molecular weight excluding hydrogens is 250 g/mol. The van der Waals surface area contributed by atoms with E-state index in [1.54, 1.807) is 12.1 Å². The quantitative estimate of drug-likeness (QED) is 0.885. The summed E-state index contributed by atoms with van der Waals surface area (Å²) in [6, 6.07) is 4.15. The second-order valence-corrected chi connectivity index (χ2v) is 4.67. The minimum atomic E-state index is -0.789. The van der Waals surface area contributed by atoms with Gasteiger partial charge < -0.3 is 10.1 Å². The fraction of sp³-hybridized carbons (Fsp3) is 0.571. The molecule has 1 N–H and O–H groups in total. The molecule has 0 radical (unpaired) electrons. The van der Waals surface area contributed by atoms with Crippen LogP contribution in [-0.2, 0) is 4.74 Å². The minimum absolute atomic E-state index is 0.196. The number of nitrogens with zero attached hydrogens (tertiary/aromatic N) is 1. The fourth-order valence-electron chi connectivity index (χ4n) is 2.35. The maximum atomic E-state index is 13.9. The van der Waals surface area contributed by atoms with Crippen molar-refractivity contribution in [2.45, 2.75) is 13.0 Å². The molecule has 3 nitrogen and oxygen atoms in total. The van der Waals surface area contributed by atoms with Crippen molar-refractivity contribution in [3.63, 3.8) is 0 Å². The molecule has 19 heavy (non-hydrogen) atoms. The van der Waals surface area contributed by atoms with Gasteiger partial charge in [0.25, 0.3) is 0 Å². The Labute approximate surface area is 112 Å². The van der Waals surface area contributed by atoms with Gasteiger partial charge in [-0.2, -0.15) is 0 Å². The third-order valence-electron chi connectivity index (χ3n) is 3.35. The van der Waals surface area contributed by atoms with Gasteiger partial charge in [-0.05, 0) is 12.6 Å². The summed E-state index contributed by atoms with van der Waals surface area (Å²) in [5, 5.41) is 3.23. The summed E-state index contributed by atoms with van der Waals surface area (Å²) in [4.78, 5) is 2.21. The number of benzene rings is 1. The molecule has 106 valence electrons. The van der Waals surface area contributed by atoms with E-state index in [1.165, 1.54) is 0 Å². The Morgan fingerprint density at radius 3 is 2.74 bits per heavy atom. The lowest BCUT2D eigenvalue weighted by atomic mass is 10.0. The Hall–Kier alpha value is -1.04. The second kappa shape index (κ2) is 6.93. The van der Waals surface area contributed by atoms with Crippen molar-refractivity contribution in [3.8, 4) is 0 Å². The van der Waals surface area contributed by atoms with E-state index in [-0.39, 0.29) is 6.04 Å². The Morgan fingerprint density at radius 1 is 1.32 bits per heavy atom. The van der Waals surface area contributed by atoms with E-state index in [0.717, 1.165) is 19.2 Å². The predicted molar refractivity (Wildman–Crippen MR) is 70.0 cm³/mol. The van der Waals surface area contributed by atoms with Gasteiger partial charge in [0, 0.05) is 31.2 Å². The van der Waals surface area contributed by atoms with Gasteiger partial charge >= 0.3 is 0 Å². The molecule has 2 rings (SSSR count). The number of hydrogen-bond donors (Lipinski definition) is 1. The molecule has 0 aliphatic carbocycles. The third-order valence-corrected chi connectivity index (χ3v) is 3.35. The lowest BCUT2D eigenvalue weighted by Crippen LogP contribution is -2.42. The van der Waals surface area contributed by atoms with E-state index in [1.807, 2.05) is 6.92 Å². The molecule has 0 spiro atoms. The van der Waals surface area contributed by atoms with Crippen molar-refractivity contribution in [3.05, 3.63) is 35.4 Å². The summed E-state index contributed by atoms with van der Waals surface area (Å²) in [6.45, 7) is 6.40. The Kier molecular flexibility index (Phi) is 5.24. The van der Waals surface area contributed by atoms with Crippen LogP contribution in [0.15, 0.2) is 18.2 Å². The van der Waals surface area contributed by atoms with Crippen molar-refractivity contribution >= 4 is 0 Å². The van der Waals surface area contributed by atoms with Gasteiger partial charge in [-0.1, -0.05) is 19.1 Å². The maximum absolute atomic E-state index is 13.9. The number of likely N-dealkylation sites (N-methyl/N-ethyl adjacent to an activating group) is 1. The molecule has 1 aromatic carbocycles. The summed E-state index contributed by atoms with van der Waals surface area (Å²) in [5.41, 5.74) is 0.397. The molecule has 0 aromatic heterocycles. The van der Waals surface area contributed by atoms with Crippen LogP contribution in [0.1, 0.15) is 18.5 Å². The van der Waals surface area contributed by atoms with E-state index in [4.69, 9.17) is 4.74 Å². The first-order valence-electron chi connectivity index (χ1n) is 6.69. The van der Waals surface area contributed by atoms with Crippen LogP contribution in [0, 0.1) is 11.6 Å². The van der Waals surface area contributed by atoms with Crippen LogP contribution < -0.4 is 5.32 Å². The van der Waals surface area contributed by atoms with Gasteiger partial charge in [0.05, 0.1) is 13.2 Å². The second-order valence-electron chi connectivity index (χ2n) is 4.67. The van der Waals surface area contributed by atoms with Gasteiger partial charge in [-0.15, -0.1) is 0 Å². The SMILES string of the molecule is CCNC(CN1CCOCC1)c1cccc(F)c1F. The van der Waals surface area contributed by atoms with Crippen LogP contribution in [0.3, 0.4) is 0 Å². The summed E-state index contributed by atoms with van der Waals surface area (Å²) >= 11 is 0. The fourth-order valence-corrected chi connectivity index (χ4v) is 2.35. The summed E-state index contributed by atoms with van der Waals surface area (Å²) in [6.07, 6.45) is 0. The maximum Gasteiger partial charge on any atom is 0.163 e. The van der Waals surface area contributed by atoms with Gasteiger partial charge in [0.1, 0.15) is 0 Å². The molecule has 1 aliphatic rings. The van der Waals surface area contributed by atoms with Gasteiger partial charge in [0.2, 0.25) is 0 Å². The highest BCUT2D eigenvalue weighted by molar-refractivity contribution is 5.23. The van der Waals surface area contributed by atoms with Crippen LogP contribution in [0.4, 0.5) is 8.78 Å². The molecule has 0 amide bonds. The average molecular weight is 270 g/mol. The molecule has 1 saturated heterocycles. The molecule has 1 aromatic rings. The van der Waals surface area contributed by atoms with Crippen LogP contribution >= 0.6 is 0 Å². The number of nitrogens with one attached hydrogen (secondary N) is 1. The molecule has 5 heteroatoms. The highest BCUT2D eigenvalue weighted by atomic mass is 19.2. The number of morpholine rings is 1. The number of hydrogen-bond acceptors (Lipinski definition) is 3. The summed E-state index contributed by atoms with van der Waals surface area (Å²) < 4.78 is 32.5. The van der Waals surface area contributed by atoms with Crippen molar-refractivity contribution in [2.75, 3.05) is 39.4 Å². The average Bonchev–Trinajstić information content (AvgIpc) is 2.43. The zero-order valence-corrected chi connectivity index (χ0v) is 11.2. The first-order valence-corrected chi connectivity index (χ1v) is 6.69. The van der Waals surface area contributed by atoms with E-state index < -0.39 is 11.6 Å². The lowest BCUT2D eigenvalue weighted by molar-refractivity contribution is 0.0333. The zero-order chi connectivity index (χ0) is 13.7. The van der Waals surface area contributed by atoms with Crippen LogP contribution in [0.25, 0.3) is 0 Å². The van der Waals surface area contributed by atoms with Crippen molar-refractivity contribution in [1.29, 1.82) is 0 Å². The number of halogens is 2. The lowest BCUT2D eigenvalue weighted by Gasteiger charge is -2.31. The molecule has 1 fully saturated rings. The normalized spacial score (nSPS) is 18.5. The highest BCUT2D eigenvalue weighted by Crippen LogP contribution is 2.20. The Bertz CT molecular complexity index is 408. The van der Waals surface area contributed by atoms with Gasteiger partial charge in [-0.25, -0.2) is 8.78 Å². The monoisotopic (exact) mass is 270 g/mol. The third kappa shape index (κ3) is 3.72. The standard InChI is InChI=1S/C14H20F2N2O/c1-2-17-13(10-18-6-8-19-9-7-18)11-4-3-5-12(15)14(11)16/h3-5,13,17H,2,6-10H2,1H3. The van der Waals surface area contributed by atoms with E-state index in [9.17, 15) is 8.78 Å². The molecular formula is C14H20F2N2O. The molecule has 1 aliphatic heterocycles. The van der Waals surface area contributed by atoms with Crippen LogP contribution in [0.2, 0.25) is 0 Å². The smallest absolute Gasteiger partial charge is 0.163 e. The zero-order valence-electron chi connectivity index (χ0n) is 11.2. The number of rotatable bonds is 5. The first kappa shape index (κ1) is 14.4. The van der Waals surface area contributed by atoms with Crippen molar-refractivity contribution in [1.82, 2.24) is 10.2 Å². The Balaban J connectivity index is 2.11. The van der Waals surface area contributed by atoms with Gasteiger partial charge in [-0.3, -0.25) is 4.90 Å². The summed E-state index contributed by atoms with van der Waals surface area (Å²) in [5.74, 6) is -1.54. The topological polar surface area (TPSA) is 24.5 Å². The molecule has 0 saturated carbocycles. The largest absolute Gasteiger partial charge is 0.379 e. The number of ether oxygens (including phenoxy) is 1. The highest BCUT2D eigenvalue weighted by Gasteiger charge is 2.21. The van der Waals surface area contributed by atoms with E-state index >= 15 is 0 Å². The van der Waals surface area contributed by atoms with Crippen molar-refractivity contribution in [2.24, 2.45) is 0 Å². The van der Waals surface area contributed by atoms with Gasteiger partial charge in [0.15, 0.2) is 11.6 Å². The van der Waals surface area contributed by atoms with E-state index in [2.05, 4.69) is 10.2 Å². The minimum Gasteiger partial charge on any atom is -0.379 e. The first-order chi connectivity index (χ1) is 9.22. The molecule has 1 unspecified atom stereocenters.